The first kappa shape index (κ1) is 14.0. The summed E-state index contributed by atoms with van der Waals surface area (Å²) in [5.41, 5.74) is 0.442. The third kappa shape index (κ3) is 2.80. The van der Waals surface area contributed by atoms with Gasteiger partial charge in [0.1, 0.15) is 5.54 Å². The van der Waals surface area contributed by atoms with Crippen LogP contribution in [0, 0.1) is 23.2 Å². The van der Waals surface area contributed by atoms with Crippen LogP contribution in [-0.2, 0) is 5.54 Å². The van der Waals surface area contributed by atoms with Crippen molar-refractivity contribution in [3.05, 3.63) is 35.9 Å². The lowest BCUT2D eigenvalue weighted by molar-refractivity contribution is 0.250. The van der Waals surface area contributed by atoms with Crippen LogP contribution in [-0.4, -0.2) is 31.6 Å². The van der Waals surface area contributed by atoms with E-state index in [1.165, 1.54) is 0 Å². The predicted molar refractivity (Wildman–Crippen MR) is 77.6 cm³/mol. The van der Waals surface area contributed by atoms with Crippen LogP contribution in [0.3, 0.4) is 0 Å². The molecule has 0 spiro atoms. The number of likely N-dealkylation sites (tertiary alicyclic amines) is 1. The minimum atomic E-state index is -0.606. The average molecular weight is 257 g/mol. The van der Waals surface area contributed by atoms with E-state index < -0.39 is 5.54 Å². The van der Waals surface area contributed by atoms with Crippen molar-refractivity contribution in [2.75, 3.05) is 26.7 Å². The summed E-state index contributed by atoms with van der Waals surface area (Å²) in [6.45, 7) is 7.50. The molecule has 1 fully saturated rings. The fraction of sp³-hybridized carbons (Fsp3) is 0.562. The summed E-state index contributed by atoms with van der Waals surface area (Å²) in [5.74, 6) is 1.42. The Labute approximate surface area is 116 Å². The lowest BCUT2D eigenvalue weighted by Gasteiger charge is -2.31. The number of benzene rings is 1. The van der Waals surface area contributed by atoms with Crippen molar-refractivity contribution < 1.29 is 0 Å². The SMILES string of the molecule is CNC(C#N)(CN1CC(C)C(C)C1)c1ccccc1. The molecular weight excluding hydrogens is 234 g/mol. The molecule has 3 atom stereocenters. The van der Waals surface area contributed by atoms with Crippen molar-refractivity contribution >= 4 is 0 Å². The number of nitriles is 1. The molecule has 0 aliphatic carbocycles. The highest BCUT2D eigenvalue weighted by Crippen LogP contribution is 2.27. The molecule has 1 aromatic carbocycles. The molecule has 1 N–H and O–H groups in total. The molecule has 1 aliphatic heterocycles. The number of likely N-dealkylation sites (N-methyl/N-ethyl adjacent to an activating group) is 1. The van der Waals surface area contributed by atoms with Gasteiger partial charge in [0, 0.05) is 19.6 Å². The van der Waals surface area contributed by atoms with Gasteiger partial charge in [-0.15, -0.1) is 0 Å². The molecule has 1 aliphatic rings. The minimum Gasteiger partial charge on any atom is -0.300 e. The second kappa shape index (κ2) is 5.73. The highest BCUT2D eigenvalue weighted by atomic mass is 15.2. The molecule has 0 radical (unpaired) electrons. The summed E-state index contributed by atoms with van der Waals surface area (Å²) in [6.07, 6.45) is 0. The molecule has 0 amide bonds. The molecule has 1 saturated heterocycles. The van der Waals surface area contributed by atoms with E-state index in [0.717, 1.165) is 25.2 Å². The molecular formula is C16H23N3. The first-order valence-electron chi connectivity index (χ1n) is 6.99. The van der Waals surface area contributed by atoms with Crippen molar-refractivity contribution in [1.29, 1.82) is 5.26 Å². The van der Waals surface area contributed by atoms with Crippen LogP contribution in [0.4, 0.5) is 0 Å². The summed E-state index contributed by atoms with van der Waals surface area (Å²) >= 11 is 0. The van der Waals surface area contributed by atoms with Gasteiger partial charge in [-0.25, -0.2) is 0 Å². The topological polar surface area (TPSA) is 39.1 Å². The summed E-state index contributed by atoms with van der Waals surface area (Å²) in [7, 11) is 1.87. The monoisotopic (exact) mass is 257 g/mol. The molecule has 3 heteroatoms. The van der Waals surface area contributed by atoms with Crippen LogP contribution < -0.4 is 5.32 Å². The van der Waals surface area contributed by atoms with Gasteiger partial charge in [0.2, 0.25) is 0 Å². The predicted octanol–water partition coefficient (Wildman–Crippen LogP) is 2.21. The van der Waals surface area contributed by atoms with Crippen LogP contribution in [0.25, 0.3) is 0 Å². The second-order valence-electron chi connectivity index (χ2n) is 5.78. The summed E-state index contributed by atoms with van der Waals surface area (Å²) in [6, 6.07) is 12.5. The van der Waals surface area contributed by atoms with Crippen molar-refractivity contribution in [3.8, 4) is 6.07 Å². The molecule has 3 nitrogen and oxygen atoms in total. The quantitative estimate of drug-likeness (QED) is 0.899. The van der Waals surface area contributed by atoms with E-state index in [-0.39, 0.29) is 0 Å². The van der Waals surface area contributed by atoms with E-state index in [2.05, 4.69) is 30.1 Å². The molecule has 1 heterocycles. The lowest BCUT2D eigenvalue weighted by atomic mass is 9.91. The van der Waals surface area contributed by atoms with E-state index in [1.54, 1.807) is 0 Å². The summed E-state index contributed by atoms with van der Waals surface area (Å²) in [4.78, 5) is 2.40. The number of nitrogens with one attached hydrogen (secondary N) is 1. The highest BCUT2D eigenvalue weighted by Gasteiger charge is 2.36. The van der Waals surface area contributed by atoms with E-state index in [9.17, 15) is 5.26 Å². The first-order chi connectivity index (χ1) is 9.11. The molecule has 2 rings (SSSR count). The molecule has 0 saturated carbocycles. The molecule has 19 heavy (non-hydrogen) atoms. The van der Waals surface area contributed by atoms with Gasteiger partial charge in [-0.05, 0) is 24.4 Å². The number of rotatable bonds is 4. The van der Waals surface area contributed by atoms with E-state index >= 15 is 0 Å². The van der Waals surface area contributed by atoms with Gasteiger partial charge < -0.3 is 0 Å². The Kier molecular flexibility index (Phi) is 4.24. The standard InChI is InChI=1S/C16H23N3/c1-13-9-19(10-14(13)2)12-16(11-17,18-3)15-7-5-4-6-8-15/h4-8,13-14,18H,9-10,12H2,1-3H3. The second-order valence-corrected chi connectivity index (χ2v) is 5.78. The van der Waals surface area contributed by atoms with Crippen LogP contribution >= 0.6 is 0 Å². The highest BCUT2D eigenvalue weighted by molar-refractivity contribution is 5.32. The van der Waals surface area contributed by atoms with Gasteiger partial charge in [0.25, 0.3) is 0 Å². The van der Waals surface area contributed by atoms with Crippen molar-refractivity contribution in [3.63, 3.8) is 0 Å². The molecule has 3 unspecified atom stereocenters. The number of hydrogen-bond acceptors (Lipinski definition) is 3. The van der Waals surface area contributed by atoms with E-state index in [4.69, 9.17) is 0 Å². The van der Waals surface area contributed by atoms with Gasteiger partial charge >= 0.3 is 0 Å². The molecule has 0 bridgehead atoms. The van der Waals surface area contributed by atoms with Gasteiger partial charge in [-0.1, -0.05) is 44.2 Å². The molecule has 0 aromatic heterocycles. The van der Waals surface area contributed by atoms with Crippen LogP contribution in [0.15, 0.2) is 30.3 Å². The Bertz CT molecular complexity index is 441. The Hall–Kier alpha value is -1.37. The maximum absolute atomic E-state index is 9.68. The van der Waals surface area contributed by atoms with Crippen molar-refractivity contribution in [2.45, 2.75) is 19.4 Å². The van der Waals surface area contributed by atoms with Gasteiger partial charge in [-0.2, -0.15) is 5.26 Å². The Morgan fingerprint density at radius 2 is 1.84 bits per heavy atom. The smallest absolute Gasteiger partial charge is 0.144 e. The van der Waals surface area contributed by atoms with Gasteiger partial charge in [0.15, 0.2) is 0 Å². The zero-order valence-electron chi connectivity index (χ0n) is 12.1. The van der Waals surface area contributed by atoms with Crippen LogP contribution in [0.5, 0.6) is 0 Å². The van der Waals surface area contributed by atoms with Crippen molar-refractivity contribution in [1.82, 2.24) is 10.2 Å². The average Bonchev–Trinajstić information content (AvgIpc) is 2.76. The molecule has 102 valence electrons. The lowest BCUT2D eigenvalue weighted by Crippen LogP contribution is -2.48. The fourth-order valence-corrected chi connectivity index (χ4v) is 2.91. The van der Waals surface area contributed by atoms with E-state index in [0.29, 0.717) is 11.8 Å². The number of nitrogens with zero attached hydrogens (tertiary/aromatic N) is 2. The number of hydrogen-bond donors (Lipinski definition) is 1. The normalized spacial score (nSPS) is 26.8. The van der Waals surface area contributed by atoms with E-state index in [1.807, 2.05) is 37.4 Å². The maximum Gasteiger partial charge on any atom is 0.144 e. The molecule has 1 aromatic rings. The Morgan fingerprint density at radius 1 is 1.26 bits per heavy atom. The summed E-state index contributed by atoms with van der Waals surface area (Å²) < 4.78 is 0. The zero-order chi connectivity index (χ0) is 13.9. The Morgan fingerprint density at radius 3 is 2.32 bits per heavy atom. The van der Waals surface area contributed by atoms with Crippen LogP contribution in [0.2, 0.25) is 0 Å². The van der Waals surface area contributed by atoms with Gasteiger partial charge in [0.05, 0.1) is 6.07 Å². The fourth-order valence-electron chi connectivity index (χ4n) is 2.91. The van der Waals surface area contributed by atoms with Crippen molar-refractivity contribution in [2.24, 2.45) is 11.8 Å². The first-order valence-corrected chi connectivity index (χ1v) is 6.99. The zero-order valence-corrected chi connectivity index (χ0v) is 12.1. The third-order valence-corrected chi connectivity index (χ3v) is 4.41. The largest absolute Gasteiger partial charge is 0.300 e. The third-order valence-electron chi connectivity index (χ3n) is 4.41. The Balaban J connectivity index is 2.20. The maximum atomic E-state index is 9.68. The summed E-state index contributed by atoms with van der Waals surface area (Å²) in [5, 5.41) is 12.9. The van der Waals surface area contributed by atoms with Gasteiger partial charge in [-0.3, -0.25) is 10.2 Å². The van der Waals surface area contributed by atoms with Crippen LogP contribution in [0.1, 0.15) is 19.4 Å². The minimum absolute atomic E-state index is 0.606.